The Kier molecular flexibility index (Phi) is 5.58. The molecule has 0 aliphatic heterocycles. The molecule has 0 fully saturated rings. The summed E-state index contributed by atoms with van der Waals surface area (Å²) < 4.78 is 2.19. The Labute approximate surface area is 142 Å². The molecule has 1 aromatic heterocycles. The minimum atomic E-state index is -0.514. The van der Waals surface area contributed by atoms with E-state index in [4.69, 9.17) is 4.84 Å². The van der Waals surface area contributed by atoms with Crippen molar-refractivity contribution in [2.24, 2.45) is 0 Å². The molecule has 5 heteroatoms. The van der Waals surface area contributed by atoms with Crippen LogP contribution >= 0.6 is 0 Å². The number of carbonyl (C=O) groups is 2. The molecule has 2 aromatic rings. The zero-order valence-corrected chi connectivity index (χ0v) is 14.4. The second kappa shape index (κ2) is 7.64. The van der Waals surface area contributed by atoms with E-state index in [9.17, 15) is 9.59 Å². The van der Waals surface area contributed by atoms with Crippen LogP contribution < -0.4 is 0 Å². The summed E-state index contributed by atoms with van der Waals surface area (Å²) in [5.41, 5.74) is 4.49. The molecular formula is C19H22N2O3. The highest BCUT2D eigenvalue weighted by Gasteiger charge is 2.09. The highest BCUT2D eigenvalue weighted by Crippen LogP contribution is 2.17. The van der Waals surface area contributed by atoms with Crippen molar-refractivity contribution >= 4 is 18.0 Å². The van der Waals surface area contributed by atoms with Gasteiger partial charge in [0.15, 0.2) is 0 Å². The molecule has 1 heterocycles. The first kappa shape index (κ1) is 17.5. The van der Waals surface area contributed by atoms with Crippen molar-refractivity contribution in [1.29, 1.82) is 0 Å². The van der Waals surface area contributed by atoms with Crippen molar-refractivity contribution in [3.8, 4) is 5.69 Å². The molecule has 0 bridgehead atoms. The highest BCUT2D eigenvalue weighted by atomic mass is 16.7. The number of hydrogen-bond acceptors (Lipinski definition) is 3. The largest absolute Gasteiger partial charge is 0.338 e. The van der Waals surface area contributed by atoms with E-state index < -0.39 is 5.97 Å². The number of benzene rings is 1. The second-order valence-electron chi connectivity index (χ2n) is 5.61. The van der Waals surface area contributed by atoms with Gasteiger partial charge in [-0.3, -0.25) is 9.59 Å². The van der Waals surface area contributed by atoms with E-state index in [1.54, 1.807) is 6.08 Å². The minimum absolute atomic E-state index is 0.215. The number of hydroxylamine groups is 2. The van der Waals surface area contributed by atoms with Gasteiger partial charge in [0.25, 0.3) is 5.91 Å². The van der Waals surface area contributed by atoms with Gasteiger partial charge in [-0.15, -0.1) is 0 Å². The van der Waals surface area contributed by atoms with Crippen molar-refractivity contribution in [2.75, 3.05) is 6.54 Å². The number of hydrogen-bond donors (Lipinski definition) is 0. The van der Waals surface area contributed by atoms with Crippen LogP contribution in [0.4, 0.5) is 0 Å². The lowest BCUT2D eigenvalue weighted by Crippen LogP contribution is -2.30. The summed E-state index contributed by atoms with van der Waals surface area (Å²) in [6.07, 6.45) is 3.67. The molecule has 1 amide bonds. The first-order valence-electron chi connectivity index (χ1n) is 7.77. The molecule has 0 N–H and O–H groups in total. The van der Waals surface area contributed by atoms with Gasteiger partial charge in [-0.05, 0) is 43.7 Å². The first-order valence-corrected chi connectivity index (χ1v) is 7.77. The Morgan fingerprint density at radius 3 is 2.12 bits per heavy atom. The molecule has 0 radical (unpaired) electrons. The van der Waals surface area contributed by atoms with E-state index in [0.717, 1.165) is 16.3 Å². The van der Waals surface area contributed by atoms with Crippen LogP contribution in [-0.4, -0.2) is 28.1 Å². The zero-order valence-electron chi connectivity index (χ0n) is 14.4. The van der Waals surface area contributed by atoms with Crippen LogP contribution in [0.15, 0.2) is 42.5 Å². The third-order valence-corrected chi connectivity index (χ3v) is 3.59. The standard InChI is InChI=1S/C19H22N2O3/c1-14-7-8-15(2)21(14)19-11-9-18(10-12-19)6-5-13-20(16(3)22)24-17(4)23/h5-12H,13H2,1-4H3. The Balaban J connectivity index is 2.06. The lowest BCUT2D eigenvalue weighted by atomic mass is 10.2. The number of nitrogens with zero attached hydrogens (tertiary/aromatic N) is 2. The summed E-state index contributed by atoms with van der Waals surface area (Å²) in [6, 6.07) is 12.3. The number of carbonyl (C=O) groups excluding carboxylic acids is 2. The van der Waals surface area contributed by atoms with E-state index >= 15 is 0 Å². The number of aromatic nitrogens is 1. The minimum Gasteiger partial charge on any atom is -0.338 e. The molecule has 0 spiro atoms. The lowest BCUT2D eigenvalue weighted by molar-refractivity contribution is -0.192. The number of amides is 1. The van der Waals surface area contributed by atoms with Crippen LogP contribution in [0.1, 0.15) is 30.8 Å². The second-order valence-corrected chi connectivity index (χ2v) is 5.61. The summed E-state index contributed by atoms with van der Waals surface area (Å²) >= 11 is 0. The van der Waals surface area contributed by atoms with Gasteiger partial charge in [-0.25, -0.2) is 0 Å². The van der Waals surface area contributed by atoms with Crippen molar-refractivity contribution in [2.45, 2.75) is 27.7 Å². The van der Waals surface area contributed by atoms with Crippen molar-refractivity contribution in [3.63, 3.8) is 0 Å². The summed E-state index contributed by atoms with van der Waals surface area (Å²) in [7, 11) is 0. The van der Waals surface area contributed by atoms with Gasteiger partial charge < -0.3 is 9.40 Å². The smallest absolute Gasteiger partial charge is 0.329 e. The Morgan fingerprint density at radius 2 is 1.62 bits per heavy atom. The lowest BCUT2D eigenvalue weighted by Gasteiger charge is -2.16. The summed E-state index contributed by atoms with van der Waals surface area (Å²) in [5, 5.41) is 1.03. The van der Waals surface area contributed by atoms with Crippen LogP contribution in [0.2, 0.25) is 0 Å². The number of aryl methyl sites for hydroxylation is 2. The Bertz CT molecular complexity index is 738. The molecule has 0 atom stereocenters. The molecule has 2 rings (SSSR count). The fourth-order valence-corrected chi connectivity index (χ4v) is 2.48. The predicted molar refractivity (Wildman–Crippen MR) is 93.4 cm³/mol. The van der Waals surface area contributed by atoms with Gasteiger partial charge in [0.1, 0.15) is 0 Å². The molecule has 24 heavy (non-hydrogen) atoms. The monoisotopic (exact) mass is 326 g/mol. The van der Waals surface area contributed by atoms with E-state index in [2.05, 4.69) is 42.7 Å². The van der Waals surface area contributed by atoms with Gasteiger partial charge in [0.2, 0.25) is 0 Å². The number of rotatable bonds is 4. The van der Waals surface area contributed by atoms with Crippen molar-refractivity contribution in [3.05, 3.63) is 59.4 Å². The molecule has 0 aliphatic carbocycles. The van der Waals surface area contributed by atoms with Gasteiger partial charge in [0, 0.05) is 30.9 Å². The summed E-state index contributed by atoms with van der Waals surface area (Å²) in [5.74, 6) is -0.829. The molecule has 0 saturated carbocycles. The fraction of sp³-hybridized carbons (Fsp3) is 0.263. The van der Waals surface area contributed by atoms with Crippen LogP contribution in [-0.2, 0) is 14.4 Å². The van der Waals surface area contributed by atoms with E-state index in [1.165, 1.54) is 25.2 Å². The van der Waals surface area contributed by atoms with Crippen LogP contribution in [0.25, 0.3) is 11.8 Å². The molecule has 5 nitrogen and oxygen atoms in total. The topological polar surface area (TPSA) is 51.5 Å². The quantitative estimate of drug-likeness (QED) is 0.809. The molecule has 126 valence electrons. The first-order chi connectivity index (χ1) is 11.4. The van der Waals surface area contributed by atoms with Crippen molar-refractivity contribution in [1.82, 2.24) is 9.63 Å². The maximum atomic E-state index is 11.4. The van der Waals surface area contributed by atoms with Gasteiger partial charge in [0.05, 0.1) is 6.54 Å². The average Bonchev–Trinajstić information content (AvgIpc) is 2.85. The third-order valence-electron chi connectivity index (χ3n) is 3.59. The highest BCUT2D eigenvalue weighted by molar-refractivity contribution is 5.75. The van der Waals surface area contributed by atoms with Crippen LogP contribution in [0, 0.1) is 13.8 Å². The fourth-order valence-electron chi connectivity index (χ4n) is 2.48. The Hall–Kier alpha value is -2.82. The molecule has 0 aliphatic rings. The zero-order chi connectivity index (χ0) is 17.7. The molecular weight excluding hydrogens is 304 g/mol. The average molecular weight is 326 g/mol. The van der Waals surface area contributed by atoms with Gasteiger partial charge in [-0.1, -0.05) is 24.3 Å². The van der Waals surface area contributed by atoms with E-state index in [1.807, 2.05) is 18.2 Å². The summed E-state index contributed by atoms with van der Waals surface area (Å²) in [4.78, 5) is 27.2. The third kappa shape index (κ3) is 4.35. The maximum Gasteiger partial charge on any atom is 0.329 e. The normalized spacial score (nSPS) is 10.8. The molecule has 0 saturated heterocycles. The van der Waals surface area contributed by atoms with E-state index in [0.29, 0.717) is 0 Å². The SMILES string of the molecule is CC(=O)ON(CC=Cc1ccc(-n2c(C)ccc2C)cc1)C(C)=O. The van der Waals surface area contributed by atoms with Crippen molar-refractivity contribution < 1.29 is 14.4 Å². The molecule has 0 unspecified atom stereocenters. The maximum absolute atomic E-state index is 11.4. The molecule has 1 aromatic carbocycles. The summed E-state index contributed by atoms with van der Waals surface area (Å²) in [6.45, 7) is 6.99. The van der Waals surface area contributed by atoms with Gasteiger partial charge in [-0.2, -0.15) is 5.06 Å². The Morgan fingerprint density at radius 1 is 1.04 bits per heavy atom. The predicted octanol–water partition coefficient (Wildman–Crippen LogP) is 3.43. The van der Waals surface area contributed by atoms with Crippen LogP contribution in [0.5, 0.6) is 0 Å². The van der Waals surface area contributed by atoms with E-state index in [-0.39, 0.29) is 12.5 Å². The van der Waals surface area contributed by atoms with Crippen LogP contribution in [0.3, 0.4) is 0 Å². The van der Waals surface area contributed by atoms with Gasteiger partial charge >= 0.3 is 5.97 Å².